The van der Waals surface area contributed by atoms with Crippen LogP contribution in [0.15, 0.2) is 199 Å². The number of rotatable bonds is 5. The molecular weight excluding hydrogens is 645 g/mol. The van der Waals surface area contributed by atoms with Gasteiger partial charge in [0, 0.05) is 43.7 Å². The van der Waals surface area contributed by atoms with E-state index < -0.39 is 0 Å². The van der Waals surface area contributed by atoms with Gasteiger partial charge in [0.25, 0.3) is 0 Å². The average Bonchev–Trinajstić information content (AvgIpc) is 3.76. The monoisotopic (exact) mass is 676 g/mol. The van der Waals surface area contributed by atoms with Crippen LogP contribution >= 0.6 is 0 Å². The molecule has 0 spiro atoms. The van der Waals surface area contributed by atoms with Gasteiger partial charge in [-0.3, -0.25) is 0 Å². The molecule has 11 rings (SSSR count). The van der Waals surface area contributed by atoms with Crippen molar-refractivity contribution in [2.45, 2.75) is 0 Å². The number of fused-ring (bicyclic) bond motifs is 8. The normalized spacial score (nSPS) is 11.8. The molecule has 0 amide bonds. The van der Waals surface area contributed by atoms with E-state index in [9.17, 15) is 0 Å². The summed E-state index contributed by atoms with van der Waals surface area (Å²) in [5, 5.41) is 9.50. The molecule has 0 saturated carbocycles. The second kappa shape index (κ2) is 11.7. The molecule has 53 heavy (non-hydrogen) atoms. The number of benzene rings is 9. The Balaban J connectivity index is 1.14. The molecule has 2 heterocycles. The standard InChI is InChI=1S/C50H32N2O/c1-2-15-35(16-3-1)51-46-22-10-8-20-41(46)43-31-34(25-28-48(43)51)37-27-29-47(40-19-7-6-18-39(37)40)52(45-23-12-14-33-13-4-5-17-38(33)45)36-26-30-50-44(32-36)42-21-9-11-24-49(42)53-50/h1-32H. The minimum Gasteiger partial charge on any atom is -0.456 e. The molecule has 3 heteroatoms. The van der Waals surface area contributed by atoms with Crippen LogP contribution in [0, 0.1) is 0 Å². The van der Waals surface area contributed by atoms with Gasteiger partial charge in [0.1, 0.15) is 11.2 Å². The van der Waals surface area contributed by atoms with E-state index in [-0.39, 0.29) is 0 Å². The van der Waals surface area contributed by atoms with Crippen LogP contribution in [0.5, 0.6) is 0 Å². The van der Waals surface area contributed by atoms with E-state index in [1.54, 1.807) is 0 Å². The fourth-order valence-electron chi connectivity index (χ4n) is 8.39. The van der Waals surface area contributed by atoms with Crippen LogP contribution in [0.1, 0.15) is 0 Å². The Morgan fingerprint density at radius 3 is 1.92 bits per heavy atom. The van der Waals surface area contributed by atoms with E-state index in [0.29, 0.717) is 0 Å². The zero-order valence-electron chi connectivity index (χ0n) is 28.8. The fraction of sp³-hybridized carbons (Fsp3) is 0. The third-order valence-electron chi connectivity index (χ3n) is 10.8. The molecule has 2 aromatic heterocycles. The first-order chi connectivity index (χ1) is 26.3. The van der Waals surface area contributed by atoms with Gasteiger partial charge in [-0.05, 0) is 88.6 Å². The lowest BCUT2D eigenvalue weighted by Gasteiger charge is -2.28. The van der Waals surface area contributed by atoms with Crippen LogP contribution in [0.4, 0.5) is 17.1 Å². The number of para-hydroxylation sites is 3. The van der Waals surface area contributed by atoms with Gasteiger partial charge in [-0.25, -0.2) is 0 Å². The Bertz CT molecular complexity index is 3180. The van der Waals surface area contributed by atoms with Crippen molar-refractivity contribution >= 4 is 82.4 Å². The Kier molecular flexibility index (Phi) is 6.55. The molecule has 0 N–H and O–H groups in total. The molecule has 0 saturated heterocycles. The maximum Gasteiger partial charge on any atom is 0.135 e. The summed E-state index contributed by atoms with van der Waals surface area (Å²) < 4.78 is 8.64. The summed E-state index contributed by atoms with van der Waals surface area (Å²) in [5.41, 5.74) is 11.1. The summed E-state index contributed by atoms with van der Waals surface area (Å²) in [7, 11) is 0. The molecular formula is C50H32N2O. The second-order valence-corrected chi connectivity index (χ2v) is 13.7. The molecule has 0 fully saturated rings. The van der Waals surface area contributed by atoms with Gasteiger partial charge >= 0.3 is 0 Å². The van der Waals surface area contributed by atoms with Gasteiger partial charge in [-0.15, -0.1) is 0 Å². The summed E-state index contributed by atoms with van der Waals surface area (Å²) in [6.45, 7) is 0. The highest BCUT2D eigenvalue weighted by molar-refractivity contribution is 6.14. The third kappa shape index (κ3) is 4.61. The molecule has 3 nitrogen and oxygen atoms in total. The molecule has 0 atom stereocenters. The molecule has 0 bridgehead atoms. The fourth-order valence-corrected chi connectivity index (χ4v) is 8.39. The van der Waals surface area contributed by atoms with E-state index >= 15 is 0 Å². The first kappa shape index (κ1) is 29.6. The molecule has 11 aromatic rings. The van der Waals surface area contributed by atoms with Crippen molar-refractivity contribution < 1.29 is 4.42 Å². The van der Waals surface area contributed by atoms with Gasteiger partial charge in [0.15, 0.2) is 0 Å². The maximum atomic E-state index is 6.27. The quantitative estimate of drug-likeness (QED) is 0.181. The molecule has 248 valence electrons. The Morgan fingerprint density at radius 1 is 0.377 bits per heavy atom. The SMILES string of the molecule is c1ccc(-n2c3ccccc3c3cc(-c4ccc(N(c5ccc6oc7ccccc7c6c5)c5cccc6ccccc56)c5ccccc45)ccc32)cc1. The summed E-state index contributed by atoms with van der Waals surface area (Å²) in [6.07, 6.45) is 0. The van der Waals surface area contributed by atoms with Crippen molar-refractivity contribution in [3.05, 3.63) is 194 Å². The Hall–Kier alpha value is -7.10. The van der Waals surface area contributed by atoms with Crippen LogP contribution in [0.25, 0.3) is 82.1 Å². The molecule has 0 aliphatic rings. The predicted molar refractivity (Wildman–Crippen MR) is 223 cm³/mol. The highest BCUT2D eigenvalue weighted by Crippen LogP contribution is 2.46. The molecule has 0 aliphatic carbocycles. The molecule has 0 radical (unpaired) electrons. The number of hydrogen-bond acceptors (Lipinski definition) is 2. The minimum absolute atomic E-state index is 0.886. The predicted octanol–water partition coefficient (Wildman–Crippen LogP) is 14.1. The van der Waals surface area contributed by atoms with Gasteiger partial charge in [-0.2, -0.15) is 0 Å². The van der Waals surface area contributed by atoms with Crippen molar-refractivity contribution in [3.63, 3.8) is 0 Å². The topological polar surface area (TPSA) is 21.3 Å². The van der Waals surface area contributed by atoms with Gasteiger partial charge in [-0.1, -0.05) is 127 Å². The summed E-state index contributed by atoms with van der Waals surface area (Å²) in [6, 6.07) is 69.9. The number of hydrogen-bond donors (Lipinski definition) is 0. The Morgan fingerprint density at radius 2 is 1.04 bits per heavy atom. The second-order valence-electron chi connectivity index (χ2n) is 13.7. The van der Waals surface area contributed by atoms with Crippen molar-refractivity contribution in [1.29, 1.82) is 0 Å². The lowest BCUT2D eigenvalue weighted by Crippen LogP contribution is -2.11. The number of anilines is 3. The average molecular weight is 677 g/mol. The third-order valence-corrected chi connectivity index (χ3v) is 10.8. The Labute approximate surface area is 306 Å². The number of nitrogens with zero attached hydrogens (tertiary/aromatic N) is 2. The van der Waals surface area contributed by atoms with E-state index in [2.05, 4.69) is 191 Å². The van der Waals surface area contributed by atoms with Crippen LogP contribution in [0.2, 0.25) is 0 Å². The number of aromatic nitrogens is 1. The van der Waals surface area contributed by atoms with E-state index in [0.717, 1.165) is 44.7 Å². The molecule has 0 aliphatic heterocycles. The summed E-state index contributed by atoms with van der Waals surface area (Å²) in [4.78, 5) is 2.42. The smallest absolute Gasteiger partial charge is 0.135 e. The first-order valence-corrected chi connectivity index (χ1v) is 18.1. The van der Waals surface area contributed by atoms with Crippen LogP contribution in [-0.2, 0) is 0 Å². The van der Waals surface area contributed by atoms with Crippen LogP contribution in [-0.4, -0.2) is 4.57 Å². The van der Waals surface area contributed by atoms with Crippen LogP contribution < -0.4 is 4.90 Å². The minimum atomic E-state index is 0.886. The zero-order valence-corrected chi connectivity index (χ0v) is 28.8. The van der Waals surface area contributed by atoms with Gasteiger partial charge in [0.2, 0.25) is 0 Å². The van der Waals surface area contributed by atoms with E-state index in [4.69, 9.17) is 4.42 Å². The van der Waals surface area contributed by atoms with E-state index in [1.165, 1.54) is 54.5 Å². The molecule has 9 aromatic carbocycles. The summed E-state index contributed by atoms with van der Waals surface area (Å²) in [5.74, 6) is 0. The lowest BCUT2D eigenvalue weighted by molar-refractivity contribution is 0.669. The zero-order chi connectivity index (χ0) is 34.9. The van der Waals surface area contributed by atoms with Crippen molar-refractivity contribution in [2.75, 3.05) is 4.90 Å². The highest BCUT2D eigenvalue weighted by atomic mass is 16.3. The lowest BCUT2D eigenvalue weighted by atomic mass is 9.95. The largest absolute Gasteiger partial charge is 0.456 e. The maximum absolute atomic E-state index is 6.27. The van der Waals surface area contributed by atoms with Crippen molar-refractivity contribution in [2.24, 2.45) is 0 Å². The van der Waals surface area contributed by atoms with Crippen LogP contribution in [0.3, 0.4) is 0 Å². The van der Waals surface area contributed by atoms with Gasteiger partial charge in [0.05, 0.1) is 22.4 Å². The first-order valence-electron chi connectivity index (χ1n) is 18.1. The van der Waals surface area contributed by atoms with E-state index in [1.807, 2.05) is 12.1 Å². The van der Waals surface area contributed by atoms with Crippen molar-refractivity contribution in [1.82, 2.24) is 4.57 Å². The summed E-state index contributed by atoms with van der Waals surface area (Å²) >= 11 is 0. The van der Waals surface area contributed by atoms with Gasteiger partial charge < -0.3 is 13.9 Å². The highest BCUT2D eigenvalue weighted by Gasteiger charge is 2.21. The molecule has 0 unspecified atom stereocenters. The number of furan rings is 1. The van der Waals surface area contributed by atoms with Crippen molar-refractivity contribution in [3.8, 4) is 16.8 Å².